The van der Waals surface area contributed by atoms with E-state index in [0.717, 1.165) is 0 Å². The Morgan fingerprint density at radius 2 is 1.81 bits per heavy atom. The number of nitrogens with zero attached hydrogens (tertiary/aromatic N) is 2. The second-order valence-corrected chi connectivity index (χ2v) is 3.06. The van der Waals surface area contributed by atoms with Crippen LogP contribution in [-0.2, 0) is 0 Å². The van der Waals surface area contributed by atoms with Crippen molar-refractivity contribution in [3.63, 3.8) is 0 Å². The van der Waals surface area contributed by atoms with Crippen molar-refractivity contribution in [3.8, 4) is 5.75 Å². The van der Waals surface area contributed by atoms with Crippen LogP contribution in [0.25, 0.3) is 0 Å². The van der Waals surface area contributed by atoms with Crippen molar-refractivity contribution < 1.29 is 9.52 Å². The van der Waals surface area contributed by atoms with Crippen LogP contribution in [0.3, 0.4) is 0 Å². The lowest BCUT2D eigenvalue weighted by Gasteiger charge is -1.94. The van der Waals surface area contributed by atoms with E-state index in [4.69, 9.17) is 4.42 Å². The fraction of sp³-hybridized carbons (Fsp3) is 0. The number of aromatic hydroxyl groups is 1. The third kappa shape index (κ3) is 2.57. The molecule has 0 radical (unpaired) electrons. The van der Waals surface area contributed by atoms with Crippen molar-refractivity contribution in [2.24, 2.45) is 10.2 Å². The lowest BCUT2D eigenvalue weighted by molar-refractivity contribution is 0.474. The smallest absolute Gasteiger partial charge is 0.146 e. The molecule has 2 rings (SSSR count). The first-order valence-electron chi connectivity index (χ1n) is 4.74. The highest BCUT2D eigenvalue weighted by molar-refractivity contribution is 5.84. The quantitative estimate of drug-likeness (QED) is 0.630. The first kappa shape index (κ1) is 10.2. The lowest BCUT2D eigenvalue weighted by atomic mass is 10.2. The average molecular weight is 214 g/mol. The van der Waals surface area contributed by atoms with Crippen molar-refractivity contribution in [3.05, 3.63) is 54.0 Å². The molecule has 2 aromatic rings. The zero-order valence-electron chi connectivity index (χ0n) is 8.45. The molecule has 0 aliphatic heterocycles. The maximum Gasteiger partial charge on any atom is 0.146 e. The van der Waals surface area contributed by atoms with Gasteiger partial charge >= 0.3 is 0 Å². The summed E-state index contributed by atoms with van der Waals surface area (Å²) in [4.78, 5) is 0. The zero-order valence-corrected chi connectivity index (χ0v) is 8.45. The Labute approximate surface area is 92.6 Å². The molecule has 1 N–H and O–H groups in total. The van der Waals surface area contributed by atoms with Gasteiger partial charge in [-0.2, -0.15) is 10.2 Å². The number of rotatable bonds is 3. The number of hydrogen-bond acceptors (Lipinski definition) is 4. The first-order valence-corrected chi connectivity index (χ1v) is 4.74. The molecular weight excluding hydrogens is 204 g/mol. The van der Waals surface area contributed by atoms with Crippen LogP contribution in [0.4, 0.5) is 0 Å². The SMILES string of the molecule is Oc1ccccc1/C=N\N=C\c1ccco1. The van der Waals surface area contributed by atoms with Crippen molar-refractivity contribution >= 4 is 12.4 Å². The highest BCUT2D eigenvalue weighted by atomic mass is 16.3. The summed E-state index contributed by atoms with van der Waals surface area (Å²) < 4.78 is 5.04. The monoisotopic (exact) mass is 214 g/mol. The second-order valence-electron chi connectivity index (χ2n) is 3.06. The summed E-state index contributed by atoms with van der Waals surface area (Å²) in [5.41, 5.74) is 0.624. The van der Waals surface area contributed by atoms with Gasteiger partial charge in [0.05, 0.1) is 18.7 Å². The Balaban J connectivity index is 2.03. The van der Waals surface area contributed by atoms with Gasteiger partial charge in [0.2, 0.25) is 0 Å². The molecular formula is C12H10N2O2. The molecule has 0 saturated carbocycles. The highest BCUT2D eigenvalue weighted by Crippen LogP contribution is 2.12. The Kier molecular flexibility index (Phi) is 3.13. The minimum absolute atomic E-state index is 0.180. The predicted molar refractivity (Wildman–Crippen MR) is 62.0 cm³/mol. The molecule has 1 heterocycles. The number of phenolic OH excluding ortho intramolecular Hbond substituents is 1. The molecule has 0 amide bonds. The van der Waals surface area contributed by atoms with E-state index in [1.165, 1.54) is 12.4 Å². The van der Waals surface area contributed by atoms with Gasteiger partial charge in [0.1, 0.15) is 11.5 Å². The topological polar surface area (TPSA) is 58.1 Å². The summed E-state index contributed by atoms with van der Waals surface area (Å²) in [6.07, 6.45) is 4.54. The van der Waals surface area contributed by atoms with E-state index in [1.54, 1.807) is 36.6 Å². The highest BCUT2D eigenvalue weighted by Gasteiger charge is 1.93. The van der Waals surface area contributed by atoms with Crippen LogP contribution >= 0.6 is 0 Å². The molecule has 0 spiro atoms. The van der Waals surface area contributed by atoms with Crippen LogP contribution in [0, 0.1) is 0 Å². The molecule has 0 aliphatic carbocycles. The Morgan fingerprint density at radius 1 is 1.00 bits per heavy atom. The Morgan fingerprint density at radius 3 is 2.56 bits per heavy atom. The summed E-state index contributed by atoms with van der Waals surface area (Å²) >= 11 is 0. The van der Waals surface area contributed by atoms with E-state index in [1.807, 2.05) is 6.07 Å². The molecule has 80 valence electrons. The largest absolute Gasteiger partial charge is 0.507 e. The molecule has 16 heavy (non-hydrogen) atoms. The Bertz CT molecular complexity index is 501. The van der Waals surface area contributed by atoms with E-state index in [2.05, 4.69) is 10.2 Å². The minimum Gasteiger partial charge on any atom is -0.507 e. The molecule has 0 atom stereocenters. The van der Waals surface area contributed by atoms with Gasteiger partial charge in [0, 0.05) is 5.56 Å². The molecule has 0 aliphatic rings. The van der Waals surface area contributed by atoms with Gasteiger partial charge in [-0.3, -0.25) is 0 Å². The number of furan rings is 1. The van der Waals surface area contributed by atoms with Crippen molar-refractivity contribution in [1.29, 1.82) is 0 Å². The van der Waals surface area contributed by atoms with Crippen molar-refractivity contribution in [2.45, 2.75) is 0 Å². The second kappa shape index (κ2) is 4.93. The molecule has 4 heteroatoms. The molecule has 0 fully saturated rings. The van der Waals surface area contributed by atoms with Crippen molar-refractivity contribution in [2.75, 3.05) is 0 Å². The maximum absolute atomic E-state index is 9.43. The summed E-state index contributed by atoms with van der Waals surface area (Å²) in [5.74, 6) is 0.814. The van der Waals surface area contributed by atoms with Gasteiger partial charge in [-0.1, -0.05) is 12.1 Å². The molecule has 1 aromatic carbocycles. The van der Waals surface area contributed by atoms with Gasteiger partial charge in [-0.05, 0) is 24.3 Å². The third-order valence-electron chi connectivity index (χ3n) is 1.93. The van der Waals surface area contributed by atoms with Gasteiger partial charge < -0.3 is 9.52 Å². The fourth-order valence-electron chi connectivity index (χ4n) is 1.15. The number of phenols is 1. The van der Waals surface area contributed by atoms with Gasteiger partial charge in [0.15, 0.2) is 0 Å². The van der Waals surface area contributed by atoms with E-state index < -0.39 is 0 Å². The summed E-state index contributed by atoms with van der Waals surface area (Å²) in [5, 5.41) is 17.0. The van der Waals surface area contributed by atoms with Crippen LogP contribution in [0.15, 0.2) is 57.3 Å². The number of para-hydroxylation sites is 1. The third-order valence-corrected chi connectivity index (χ3v) is 1.93. The van der Waals surface area contributed by atoms with E-state index >= 15 is 0 Å². The minimum atomic E-state index is 0.180. The van der Waals surface area contributed by atoms with Crippen LogP contribution < -0.4 is 0 Å². The maximum atomic E-state index is 9.43. The van der Waals surface area contributed by atoms with Crippen LogP contribution in [0.1, 0.15) is 11.3 Å². The lowest BCUT2D eigenvalue weighted by Crippen LogP contribution is -1.80. The molecule has 1 aromatic heterocycles. The molecule has 0 unspecified atom stereocenters. The van der Waals surface area contributed by atoms with E-state index in [9.17, 15) is 5.11 Å². The first-order chi connectivity index (χ1) is 7.86. The summed E-state index contributed by atoms with van der Waals surface area (Å²) in [6, 6.07) is 10.5. The number of hydrogen-bond donors (Lipinski definition) is 1. The fourth-order valence-corrected chi connectivity index (χ4v) is 1.15. The van der Waals surface area contributed by atoms with Gasteiger partial charge in [-0.25, -0.2) is 0 Å². The van der Waals surface area contributed by atoms with Crippen LogP contribution in [0.2, 0.25) is 0 Å². The zero-order chi connectivity index (χ0) is 11.2. The van der Waals surface area contributed by atoms with Gasteiger partial charge in [0.25, 0.3) is 0 Å². The number of benzene rings is 1. The average Bonchev–Trinajstić information content (AvgIpc) is 2.79. The molecule has 0 bridgehead atoms. The summed E-state index contributed by atoms with van der Waals surface area (Å²) in [6.45, 7) is 0. The van der Waals surface area contributed by atoms with E-state index in [0.29, 0.717) is 11.3 Å². The van der Waals surface area contributed by atoms with Crippen molar-refractivity contribution in [1.82, 2.24) is 0 Å². The summed E-state index contributed by atoms with van der Waals surface area (Å²) in [7, 11) is 0. The predicted octanol–water partition coefficient (Wildman–Crippen LogP) is 2.44. The Hall–Kier alpha value is -2.36. The van der Waals surface area contributed by atoms with Gasteiger partial charge in [-0.15, -0.1) is 0 Å². The molecule has 4 nitrogen and oxygen atoms in total. The van der Waals surface area contributed by atoms with E-state index in [-0.39, 0.29) is 5.75 Å². The molecule has 0 saturated heterocycles. The normalized spacial score (nSPS) is 11.5. The van der Waals surface area contributed by atoms with Crippen LogP contribution in [-0.4, -0.2) is 17.5 Å². The van der Waals surface area contributed by atoms with Crippen LogP contribution in [0.5, 0.6) is 5.75 Å². The standard InChI is InChI=1S/C12H10N2O2/c15-12-6-2-1-4-10(12)8-13-14-9-11-5-3-7-16-11/h1-9,15H/b13-8-,14-9+.